The first kappa shape index (κ1) is 23.9. The van der Waals surface area contributed by atoms with Crippen LogP contribution < -0.4 is 4.74 Å². The molecule has 2 nitrogen and oxygen atoms in total. The van der Waals surface area contributed by atoms with E-state index in [1.54, 1.807) is 7.11 Å². The summed E-state index contributed by atoms with van der Waals surface area (Å²) in [7, 11) is 6.16. The third-order valence-electron chi connectivity index (χ3n) is 4.21. The SMILES string of the molecule is COCCOc1c[c-]c(/C=C/c2c(C(C)C)cccc2C(C)C)cc1.[Cl][Pd+]. The van der Waals surface area contributed by atoms with E-state index < -0.39 is 0 Å². The summed E-state index contributed by atoms with van der Waals surface area (Å²) in [5.74, 6) is 1.82. The fourth-order valence-corrected chi connectivity index (χ4v) is 2.83. The van der Waals surface area contributed by atoms with Crippen molar-refractivity contribution < 1.29 is 27.7 Å². The molecule has 0 atom stereocenters. The van der Waals surface area contributed by atoms with Crippen molar-refractivity contribution >= 4 is 21.7 Å². The minimum atomic E-state index is 0.499. The van der Waals surface area contributed by atoms with Crippen LogP contribution in [-0.4, -0.2) is 20.3 Å². The van der Waals surface area contributed by atoms with Crippen molar-refractivity contribution in [3.05, 3.63) is 64.7 Å². The third kappa shape index (κ3) is 7.80. The van der Waals surface area contributed by atoms with Crippen LogP contribution in [-0.2, 0) is 22.9 Å². The van der Waals surface area contributed by atoms with Crippen LogP contribution in [0.15, 0.2) is 36.4 Å². The summed E-state index contributed by atoms with van der Waals surface area (Å²) in [5, 5.41) is 0. The molecule has 150 valence electrons. The van der Waals surface area contributed by atoms with E-state index >= 15 is 0 Å². The van der Waals surface area contributed by atoms with E-state index in [-0.39, 0.29) is 0 Å². The van der Waals surface area contributed by atoms with Gasteiger partial charge in [0.05, 0.1) is 13.2 Å². The quantitative estimate of drug-likeness (QED) is 0.184. The van der Waals surface area contributed by atoms with Gasteiger partial charge in [-0.05, 0) is 28.5 Å². The van der Waals surface area contributed by atoms with E-state index in [0.29, 0.717) is 25.0 Å². The number of ether oxygens (including phenoxy) is 2. The maximum atomic E-state index is 5.58. The molecule has 0 unspecified atom stereocenters. The Morgan fingerprint density at radius 3 is 2.07 bits per heavy atom. The second-order valence-electron chi connectivity index (χ2n) is 6.81. The Kier molecular flexibility index (Phi) is 11.6. The predicted octanol–water partition coefficient (Wildman–Crippen LogP) is 6.62. The van der Waals surface area contributed by atoms with Crippen molar-refractivity contribution in [3.63, 3.8) is 0 Å². The van der Waals surface area contributed by atoms with Gasteiger partial charge in [-0.25, -0.2) is 0 Å². The van der Waals surface area contributed by atoms with E-state index in [1.807, 2.05) is 18.2 Å². The van der Waals surface area contributed by atoms with E-state index in [2.05, 4.69) is 91.8 Å². The van der Waals surface area contributed by atoms with Gasteiger partial charge in [-0.1, -0.05) is 52.0 Å². The van der Waals surface area contributed by atoms with Crippen molar-refractivity contribution in [2.45, 2.75) is 39.5 Å². The molecule has 0 heterocycles. The number of hydrogen-bond donors (Lipinski definition) is 0. The number of methoxy groups -OCH3 is 1. The average molecular weight is 479 g/mol. The van der Waals surface area contributed by atoms with Crippen LogP contribution in [0.1, 0.15) is 61.8 Å². The van der Waals surface area contributed by atoms with Gasteiger partial charge < -0.3 is 9.47 Å². The van der Waals surface area contributed by atoms with Crippen LogP contribution in [0.3, 0.4) is 0 Å². The van der Waals surface area contributed by atoms with Gasteiger partial charge in [0.15, 0.2) is 0 Å². The molecule has 0 aliphatic carbocycles. The predicted molar refractivity (Wildman–Crippen MR) is 112 cm³/mol. The first-order valence-corrected chi connectivity index (χ1v) is 11.1. The fraction of sp³-hybridized carbons (Fsp3) is 0.391. The monoisotopic (exact) mass is 478 g/mol. The molecule has 0 radical (unpaired) electrons. The Hall–Kier alpha value is -1.11. The van der Waals surface area contributed by atoms with Crippen LogP contribution in [0.2, 0.25) is 0 Å². The van der Waals surface area contributed by atoms with Gasteiger partial charge >= 0.3 is 27.7 Å². The Bertz CT molecular complexity index is 668. The van der Waals surface area contributed by atoms with Crippen LogP contribution in [0.4, 0.5) is 0 Å². The van der Waals surface area contributed by atoms with Crippen LogP contribution in [0, 0.1) is 6.07 Å². The molecule has 0 aromatic heterocycles. The maximum absolute atomic E-state index is 5.58. The first-order chi connectivity index (χ1) is 13.0. The molecule has 0 amide bonds. The summed E-state index contributed by atoms with van der Waals surface area (Å²) in [5.41, 5.74) is 5.16. The summed E-state index contributed by atoms with van der Waals surface area (Å²) < 4.78 is 10.6. The van der Waals surface area contributed by atoms with Crippen LogP contribution in [0.25, 0.3) is 12.2 Å². The molecule has 4 heteroatoms. The molecule has 0 saturated carbocycles. The van der Waals surface area contributed by atoms with E-state index in [9.17, 15) is 0 Å². The zero-order valence-corrected chi connectivity index (χ0v) is 19.0. The van der Waals surface area contributed by atoms with E-state index in [0.717, 1.165) is 11.3 Å². The van der Waals surface area contributed by atoms with Crippen molar-refractivity contribution in [2.24, 2.45) is 0 Å². The molecule has 0 spiro atoms. The molecule has 0 aliphatic heterocycles. The molecule has 0 bridgehead atoms. The van der Waals surface area contributed by atoms with Gasteiger partial charge in [-0.15, -0.1) is 30.3 Å². The van der Waals surface area contributed by atoms with Crippen molar-refractivity contribution in [2.75, 3.05) is 20.3 Å². The first-order valence-electron chi connectivity index (χ1n) is 9.09. The second kappa shape index (κ2) is 13.1. The third-order valence-corrected chi connectivity index (χ3v) is 4.21. The molecule has 0 fully saturated rings. The number of halogens is 1. The van der Waals surface area contributed by atoms with E-state index in [4.69, 9.17) is 9.47 Å². The summed E-state index contributed by atoms with van der Waals surface area (Å²) in [6, 6.07) is 15.8. The zero-order valence-electron chi connectivity index (χ0n) is 16.7. The van der Waals surface area contributed by atoms with Gasteiger partial charge in [0.25, 0.3) is 0 Å². The molecule has 27 heavy (non-hydrogen) atoms. The molecular weight excluding hydrogens is 450 g/mol. The van der Waals surface area contributed by atoms with Crippen LogP contribution >= 0.6 is 9.53 Å². The van der Waals surface area contributed by atoms with Gasteiger partial charge in [-0.3, -0.25) is 0 Å². The molecule has 2 rings (SSSR count). The molecule has 2 aromatic carbocycles. The minimum absolute atomic E-state index is 0.499. The Morgan fingerprint density at radius 1 is 0.963 bits per heavy atom. The average Bonchev–Trinajstić information content (AvgIpc) is 2.68. The summed E-state index contributed by atoms with van der Waals surface area (Å²) in [6.45, 7) is 10.1. The Labute approximate surface area is 179 Å². The molecule has 0 saturated heterocycles. The standard InChI is InChI=1S/C23H29O2.ClH.Pd/c1-17(2)21-7-6-8-22(18(3)4)23(21)14-11-19-9-12-20(13-10-19)25-16-15-24-5;;/h6-9,11-14,17-18H,15-16H2,1-5H3;1H;/q-1;;+2/p-1/b14-11+;;. The fourth-order valence-electron chi connectivity index (χ4n) is 2.83. The number of hydrogen-bond acceptors (Lipinski definition) is 2. The van der Waals surface area contributed by atoms with Crippen molar-refractivity contribution in [3.8, 4) is 5.75 Å². The van der Waals surface area contributed by atoms with E-state index in [1.165, 1.54) is 16.7 Å². The second-order valence-corrected chi connectivity index (χ2v) is 6.81. The zero-order chi connectivity index (χ0) is 20.2. The van der Waals surface area contributed by atoms with Crippen LogP contribution in [0.5, 0.6) is 5.75 Å². The van der Waals surface area contributed by atoms with Gasteiger partial charge in [0, 0.05) is 12.9 Å². The van der Waals surface area contributed by atoms with Gasteiger partial charge in [-0.2, -0.15) is 5.56 Å². The van der Waals surface area contributed by atoms with Gasteiger partial charge in [0.2, 0.25) is 0 Å². The summed E-state index contributed by atoms with van der Waals surface area (Å²) in [4.78, 5) is 0. The number of rotatable bonds is 8. The molecular formula is C23H29ClO2Pd. The molecule has 0 N–H and O–H groups in total. The van der Waals surface area contributed by atoms with Crippen molar-refractivity contribution in [1.82, 2.24) is 0 Å². The summed E-state index contributed by atoms with van der Waals surface area (Å²) >= 11 is 2.22. The number of benzene rings is 2. The normalized spacial score (nSPS) is 11.0. The molecule has 0 aliphatic rings. The Balaban J connectivity index is 0.00000176. The molecule has 2 aromatic rings. The Morgan fingerprint density at radius 2 is 1.59 bits per heavy atom. The van der Waals surface area contributed by atoms with Crippen molar-refractivity contribution in [1.29, 1.82) is 0 Å². The topological polar surface area (TPSA) is 18.5 Å². The summed E-state index contributed by atoms with van der Waals surface area (Å²) in [6.07, 6.45) is 4.36. The van der Waals surface area contributed by atoms with Gasteiger partial charge in [0.1, 0.15) is 0 Å².